The molecule has 2 heterocycles. The number of anilines is 1. The Morgan fingerprint density at radius 3 is 1.39 bits per heavy atom. The zero-order chi connectivity index (χ0) is 34.0. The lowest BCUT2D eigenvalue weighted by atomic mass is 9.84. The predicted molar refractivity (Wildman–Crippen MR) is 201 cm³/mol. The molecular formula is C43H38N2O3P+. The van der Waals surface area contributed by atoms with Crippen molar-refractivity contribution in [2.45, 2.75) is 41.5 Å². The Morgan fingerprint density at radius 2 is 0.959 bits per heavy atom. The van der Waals surface area contributed by atoms with Crippen molar-refractivity contribution >= 4 is 35.5 Å². The van der Waals surface area contributed by atoms with Gasteiger partial charge in [-0.1, -0.05) is 95.1 Å². The van der Waals surface area contributed by atoms with Crippen molar-refractivity contribution in [1.29, 1.82) is 0 Å². The second-order valence-corrected chi connectivity index (χ2v) is 14.9. The zero-order valence-electron chi connectivity index (χ0n) is 28.6. The number of aryl methyl sites for hydroxylation is 6. The van der Waals surface area contributed by atoms with Gasteiger partial charge in [0.05, 0.1) is 6.20 Å². The summed E-state index contributed by atoms with van der Waals surface area (Å²) < 4.78 is 13.8. The van der Waals surface area contributed by atoms with Crippen LogP contribution in [-0.4, -0.2) is 0 Å². The number of nitrogens with one attached hydrogen (secondary N) is 2. The molecular weight excluding hydrogens is 623 g/mol. The van der Waals surface area contributed by atoms with Crippen LogP contribution in [0.1, 0.15) is 33.4 Å². The van der Waals surface area contributed by atoms with Gasteiger partial charge in [0.25, 0.3) is 0 Å². The molecule has 0 amide bonds. The fourth-order valence-corrected chi connectivity index (χ4v) is 9.26. The van der Waals surface area contributed by atoms with Crippen LogP contribution in [0.2, 0.25) is 0 Å². The van der Waals surface area contributed by atoms with Crippen molar-refractivity contribution in [2.75, 3.05) is 5.09 Å². The van der Waals surface area contributed by atoms with Crippen LogP contribution in [0.4, 0.5) is 5.82 Å². The van der Waals surface area contributed by atoms with Crippen LogP contribution in [0.15, 0.2) is 109 Å². The summed E-state index contributed by atoms with van der Waals surface area (Å²) in [5, 5.41) is 7.27. The summed E-state index contributed by atoms with van der Waals surface area (Å²) in [5.74, 6) is 1.57. The van der Waals surface area contributed by atoms with E-state index in [4.69, 9.17) is 9.05 Å². The number of benzene rings is 6. The summed E-state index contributed by atoms with van der Waals surface area (Å²) in [6.07, 6.45) is 1.78. The van der Waals surface area contributed by atoms with E-state index in [1.165, 1.54) is 11.1 Å². The Balaban J connectivity index is 1.58. The smallest absolute Gasteiger partial charge is 0.504 e. The zero-order valence-corrected chi connectivity index (χ0v) is 29.5. The first-order valence-electron chi connectivity index (χ1n) is 16.6. The standard InChI is InChI=1S/C43H37N2O3P/c1-25-19-27(3)38(28(4)20-25)35-23-31-13-7-9-15-33(31)40-41-34-16-10-8-14-32(34)24-36(39-29(5)21-26(2)22-30(39)6)43(41)48-49(46,47-42(35)40)45-37-17-11-12-18-44-37/h7-24H,1-6H3,(H,44,45,46)/p+1. The number of aromatic amines is 1. The van der Waals surface area contributed by atoms with E-state index in [9.17, 15) is 0 Å². The molecule has 0 atom stereocenters. The van der Waals surface area contributed by atoms with E-state index in [0.29, 0.717) is 17.3 Å². The van der Waals surface area contributed by atoms with Gasteiger partial charge >= 0.3 is 13.9 Å². The fourth-order valence-electron chi connectivity index (χ4n) is 7.84. The number of fused-ring (bicyclic) bond motifs is 7. The molecule has 5 nitrogen and oxygen atoms in total. The number of rotatable bonds is 4. The van der Waals surface area contributed by atoms with Gasteiger partial charge in [-0.15, -0.1) is 0 Å². The van der Waals surface area contributed by atoms with E-state index in [1.807, 2.05) is 30.3 Å². The Morgan fingerprint density at radius 1 is 0.531 bits per heavy atom. The van der Waals surface area contributed by atoms with Crippen LogP contribution in [0, 0.1) is 41.5 Å². The minimum absolute atomic E-state index is 0.519. The molecule has 0 unspecified atom stereocenters. The third kappa shape index (κ3) is 5.31. The summed E-state index contributed by atoms with van der Waals surface area (Å²) >= 11 is 0. The lowest BCUT2D eigenvalue weighted by Gasteiger charge is -2.24. The molecule has 0 aliphatic carbocycles. The van der Waals surface area contributed by atoms with E-state index in [1.54, 1.807) is 6.20 Å². The molecule has 0 radical (unpaired) electrons. The van der Waals surface area contributed by atoms with Crippen LogP contribution in [0.25, 0.3) is 54.9 Å². The predicted octanol–water partition coefficient (Wildman–Crippen LogP) is 10.6. The summed E-state index contributed by atoms with van der Waals surface area (Å²) in [4.78, 5) is 18.6. The molecule has 0 saturated heterocycles. The largest absolute Gasteiger partial charge is 0.581 e. The summed E-state index contributed by atoms with van der Waals surface area (Å²) in [5.41, 5.74) is 12.4. The Hall–Kier alpha value is -5.22. The summed E-state index contributed by atoms with van der Waals surface area (Å²) in [7, 11) is -4.15. The van der Waals surface area contributed by atoms with Crippen LogP contribution < -0.4 is 24.0 Å². The molecule has 0 saturated carbocycles. The number of aromatic nitrogens is 1. The molecule has 7 aromatic rings. The highest BCUT2D eigenvalue weighted by molar-refractivity contribution is 7.61. The second kappa shape index (κ2) is 11.7. The van der Waals surface area contributed by atoms with Gasteiger partial charge < -0.3 is 4.89 Å². The maximum atomic E-state index is 15.5. The van der Waals surface area contributed by atoms with Crippen LogP contribution in [-0.2, 0) is 0 Å². The average Bonchev–Trinajstić information content (AvgIpc) is 3.19. The van der Waals surface area contributed by atoms with E-state index in [2.05, 4.69) is 124 Å². The highest BCUT2D eigenvalue weighted by Crippen LogP contribution is 2.64. The van der Waals surface area contributed by atoms with Gasteiger partial charge in [0.2, 0.25) is 0 Å². The van der Waals surface area contributed by atoms with E-state index in [0.717, 1.165) is 77.2 Å². The Kier molecular flexibility index (Phi) is 7.44. The maximum Gasteiger partial charge on any atom is 0.504 e. The first kappa shape index (κ1) is 31.1. The average molecular weight is 662 g/mol. The van der Waals surface area contributed by atoms with Crippen molar-refractivity contribution in [3.05, 3.63) is 143 Å². The highest BCUT2D eigenvalue weighted by Gasteiger charge is 2.47. The van der Waals surface area contributed by atoms with Crippen molar-refractivity contribution in [2.24, 2.45) is 0 Å². The molecule has 2 N–H and O–H groups in total. The number of hydrogen-bond acceptors (Lipinski definition) is 4. The topological polar surface area (TPSA) is 67.7 Å². The lowest BCUT2D eigenvalue weighted by Crippen LogP contribution is -2.29. The highest BCUT2D eigenvalue weighted by atomic mass is 31.2. The summed E-state index contributed by atoms with van der Waals surface area (Å²) in [6.45, 7) is 12.7. The molecule has 1 aliphatic rings. The SMILES string of the molecule is Cc1cc(C)c(-c2cc3ccccc3c3c2O[P+]([O-])(Nc2cccc[nH+]2)Oc2c(-c4c(C)cc(C)cc4C)cc4ccccc4c2-3)c(C)c1. The van der Waals surface area contributed by atoms with Gasteiger partial charge in [0, 0.05) is 28.3 Å². The quantitative estimate of drug-likeness (QED) is 0.191. The van der Waals surface area contributed by atoms with E-state index >= 15 is 4.89 Å². The third-order valence-corrected chi connectivity index (χ3v) is 10.9. The van der Waals surface area contributed by atoms with Crippen molar-refractivity contribution < 1.29 is 18.9 Å². The first-order chi connectivity index (χ1) is 23.6. The van der Waals surface area contributed by atoms with Crippen molar-refractivity contribution in [3.8, 4) is 44.9 Å². The van der Waals surface area contributed by atoms with E-state index < -0.39 is 8.09 Å². The Labute approximate surface area is 287 Å². The molecule has 242 valence electrons. The van der Waals surface area contributed by atoms with Gasteiger partial charge in [-0.25, -0.2) is 4.98 Å². The number of pyridine rings is 1. The first-order valence-corrected chi connectivity index (χ1v) is 18.2. The van der Waals surface area contributed by atoms with Crippen LogP contribution in [0.5, 0.6) is 11.5 Å². The molecule has 6 heteroatoms. The van der Waals surface area contributed by atoms with E-state index in [-0.39, 0.29) is 0 Å². The number of hydrogen-bond donors (Lipinski definition) is 1. The van der Waals surface area contributed by atoms with Gasteiger partial charge in [-0.05, 0) is 115 Å². The minimum atomic E-state index is -4.15. The van der Waals surface area contributed by atoms with Gasteiger partial charge in [0.15, 0.2) is 11.5 Å². The molecule has 0 fully saturated rings. The van der Waals surface area contributed by atoms with Gasteiger partial charge in [0.1, 0.15) is 0 Å². The molecule has 0 bridgehead atoms. The van der Waals surface area contributed by atoms with Gasteiger partial charge in [-0.2, -0.15) is 0 Å². The van der Waals surface area contributed by atoms with Crippen molar-refractivity contribution in [1.82, 2.24) is 0 Å². The molecule has 49 heavy (non-hydrogen) atoms. The molecule has 6 aromatic carbocycles. The molecule has 1 aromatic heterocycles. The van der Waals surface area contributed by atoms with Crippen LogP contribution >= 0.6 is 8.09 Å². The summed E-state index contributed by atoms with van der Waals surface area (Å²) in [6, 6.07) is 35.4. The molecule has 1 aliphatic heterocycles. The number of H-pyrrole nitrogens is 1. The second-order valence-electron chi connectivity index (χ2n) is 13.3. The van der Waals surface area contributed by atoms with Crippen LogP contribution in [0.3, 0.4) is 0 Å². The van der Waals surface area contributed by atoms with Crippen molar-refractivity contribution in [3.63, 3.8) is 0 Å². The lowest BCUT2D eigenvalue weighted by molar-refractivity contribution is -0.360. The molecule has 8 rings (SSSR count). The minimum Gasteiger partial charge on any atom is -0.581 e. The Bertz CT molecular complexity index is 2260. The normalized spacial score (nSPS) is 13.3. The maximum absolute atomic E-state index is 15.5. The third-order valence-electron chi connectivity index (χ3n) is 9.54. The van der Waals surface area contributed by atoms with Gasteiger partial charge in [-0.3, -0.25) is 9.05 Å². The fraction of sp³-hybridized carbons (Fsp3) is 0.140. The monoisotopic (exact) mass is 661 g/mol. The molecule has 0 spiro atoms.